The maximum Gasteiger partial charge on any atom is 0.143 e. The summed E-state index contributed by atoms with van der Waals surface area (Å²) in [7, 11) is 1.90. The van der Waals surface area contributed by atoms with Crippen molar-refractivity contribution in [3.63, 3.8) is 0 Å². The normalized spacial score (nSPS) is 42.9. The second-order valence-electron chi connectivity index (χ2n) is 5.97. The maximum atomic E-state index is 12.7. The second-order valence-corrected chi connectivity index (χ2v) is 5.97. The zero-order chi connectivity index (χ0) is 13.3. The smallest absolute Gasteiger partial charge is 0.143 e. The average molecular weight is 269 g/mol. The van der Waals surface area contributed by atoms with Crippen molar-refractivity contribution in [2.75, 3.05) is 40.1 Å². The molecule has 4 unspecified atom stereocenters. The summed E-state index contributed by atoms with van der Waals surface area (Å²) in [6.07, 6.45) is 2.58. The highest BCUT2D eigenvalue weighted by molar-refractivity contribution is 5.84. The van der Waals surface area contributed by atoms with E-state index in [1.807, 2.05) is 7.05 Å². The molecule has 0 aromatic heterocycles. The monoisotopic (exact) mass is 269 g/mol. The van der Waals surface area contributed by atoms with E-state index in [0.29, 0.717) is 32.2 Å². The lowest BCUT2D eigenvalue weighted by Gasteiger charge is -2.37. The number of hydrogen-bond acceptors (Lipinski definition) is 5. The minimum atomic E-state index is -0.187. The first-order valence-electron chi connectivity index (χ1n) is 7.24. The first-order chi connectivity index (χ1) is 9.24. The number of Topliss-reactive ketones (excluding diaryl/α,β-unsaturated/α-hetero) is 1. The minimum Gasteiger partial charge on any atom is -0.379 e. The lowest BCUT2D eigenvalue weighted by Crippen LogP contribution is -2.46. The summed E-state index contributed by atoms with van der Waals surface area (Å²) in [6.45, 7) is 3.28. The van der Waals surface area contributed by atoms with Crippen LogP contribution < -0.4 is 5.32 Å². The van der Waals surface area contributed by atoms with Gasteiger partial charge in [0.05, 0.1) is 31.3 Å². The third-order valence-electron chi connectivity index (χ3n) is 4.78. The van der Waals surface area contributed by atoms with Crippen molar-refractivity contribution >= 4 is 5.78 Å². The van der Waals surface area contributed by atoms with Gasteiger partial charge in [-0.25, -0.2) is 0 Å². The summed E-state index contributed by atoms with van der Waals surface area (Å²) in [6, 6.07) is 0.172. The molecule has 3 aliphatic heterocycles. The van der Waals surface area contributed by atoms with E-state index in [9.17, 15) is 4.79 Å². The van der Waals surface area contributed by atoms with Crippen LogP contribution in [0.4, 0.5) is 0 Å². The summed E-state index contributed by atoms with van der Waals surface area (Å²) >= 11 is 0. The molecule has 1 spiro atoms. The van der Waals surface area contributed by atoms with Crippen molar-refractivity contribution in [2.45, 2.75) is 30.9 Å². The molecule has 0 aromatic carbocycles. The summed E-state index contributed by atoms with van der Waals surface area (Å²) in [5.41, 5.74) is -0.187. The molecule has 0 radical (unpaired) electrons. The SMILES string of the molecule is CNC1COCC1C(=O)C1CCOC2(CCOC2)C1. The Hall–Kier alpha value is -0.490. The van der Waals surface area contributed by atoms with E-state index in [1.165, 1.54) is 0 Å². The Kier molecular flexibility index (Phi) is 3.89. The molecule has 4 atom stereocenters. The largest absolute Gasteiger partial charge is 0.379 e. The summed E-state index contributed by atoms with van der Waals surface area (Å²) in [4.78, 5) is 12.7. The molecule has 3 fully saturated rings. The van der Waals surface area contributed by atoms with Crippen molar-refractivity contribution < 1.29 is 19.0 Å². The minimum absolute atomic E-state index is 0.00692. The van der Waals surface area contributed by atoms with Gasteiger partial charge >= 0.3 is 0 Å². The van der Waals surface area contributed by atoms with Crippen LogP contribution in [-0.2, 0) is 19.0 Å². The fourth-order valence-corrected chi connectivity index (χ4v) is 3.56. The topological polar surface area (TPSA) is 56.8 Å². The molecule has 0 aromatic rings. The predicted octanol–water partition coefficient (Wildman–Crippen LogP) is 0.376. The van der Waals surface area contributed by atoms with Gasteiger partial charge in [-0.05, 0) is 19.9 Å². The van der Waals surface area contributed by atoms with Crippen LogP contribution in [0.25, 0.3) is 0 Å². The van der Waals surface area contributed by atoms with Crippen molar-refractivity contribution in [3.8, 4) is 0 Å². The van der Waals surface area contributed by atoms with E-state index < -0.39 is 0 Å². The van der Waals surface area contributed by atoms with E-state index in [-0.39, 0.29) is 23.5 Å². The zero-order valence-corrected chi connectivity index (χ0v) is 11.5. The fourth-order valence-electron chi connectivity index (χ4n) is 3.56. The van der Waals surface area contributed by atoms with Crippen LogP contribution in [0.5, 0.6) is 0 Å². The van der Waals surface area contributed by atoms with Gasteiger partial charge in [0.2, 0.25) is 0 Å². The van der Waals surface area contributed by atoms with Crippen LogP contribution in [0.1, 0.15) is 19.3 Å². The molecule has 0 aliphatic carbocycles. The maximum absolute atomic E-state index is 12.7. The molecule has 3 heterocycles. The van der Waals surface area contributed by atoms with Crippen LogP contribution in [0.15, 0.2) is 0 Å². The lowest BCUT2D eigenvalue weighted by molar-refractivity contribution is -0.141. The number of ether oxygens (including phenoxy) is 3. The molecule has 1 N–H and O–H groups in total. The third kappa shape index (κ3) is 2.57. The molecule has 3 rings (SSSR count). The van der Waals surface area contributed by atoms with Crippen LogP contribution in [0, 0.1) is 11.8 Å². The second kappa shape index (κ2) is 5.48. The number of carbonyl (C=O) groups is 1. The highest BCUT2D eigenvalue weighted by Gasteiger charge is 2.45. The van der Waals surface area contributed by atoms with Gasteiger partial charge in [0.25, 0.3) is 0 Å². The van der Waals surface area contributed by atoms with Crippen molar-refractivity contribution in [2.24, 2.45) is 11.8 Å². The summed E-state index contributed by atoms with van der Waals surface area (Å²) < 4.78 is 16.8. The summed E-state index contributed by atoms with van der Waals surface area (Å²) in [5.74, 6) is 0.469. The van der Waals surface area contributed by atoms with Gasteiger partial charge in [-0.1, -0.05) is 0 Å². The van der Waals surface area contributed by atoms with Crippen LogP contribution >= 0.6 is 0 Å². The number of carbonyl (C=O) groups excluding carboxylic acids is 1. The predicted molar refractivity (Wildman–Crippen MR) is 69.0 cm³/mol. The quantitative estimate of drug-likeness (QED) is 0.802. The van der Waals surface area contributed by atoms with E-state index >= 15 is 0 Å². The molecule has 5 heteroatoms. The van der Waals surface area contributed by atoms with E-state index in [0.717, 1.165) is 25.9 Å². The third-order valence-corrected chi connectivity index (χ3v) is 4.78. The molecule has 19 heavy (non-hydrogen) atoms. The van der Waals surface area contributed by atoms with Gasteiger partial charge in [0, 0.05) is 31.6 Å². The van der Waals surface area contributed by atoms with Gasteiger partial charge < -0.3 is 19.5 Å². The molecular weight excluding hydrogens is 246 g/mol. The first-order valence-corrected chi connectivity index (χ1v) is 7.24. The Morgan fingerprint density at radius 3 is 2.89 bits per heavy atom. The zero-order valence-electron chi connectivity index (χ0n) is 11.5. The Morgan fingerprint density at radius 1 is 1.26 bits per heavy atom. The standard InChI is InChI=1S/C14H23NO4/c1-15-12-8-18-7-11(12)13(16)10-2-4-19-14(6-10)3-5-17-9-14/h10-12,15H,2-9H2,1H3. The van der Waals surface area contributed by atoms with Crippen LogP contribution in [-0.4, -0.2) is 57.5 Å². The van der Waals surface area contributed by atoms with E-state index in [2.05, 4.69) is 5.32 Å². The van der Waals surface area contributed by atoms with Gasteiger partial charge in [0.1, 0.15) is 5.78 Å². The van der Waals surface area contributed by atoms with Crippen LogP contribution in [0.3, 0.4) is 0 Å². The van der Waals surface area contributed by atoms with E-state index in [4.69, 9.17) is 14.2 Å². The summed E-state index contributed by atoms with van der Waals surface area (Å²) in [5, 5.41) is 3.19. The Bertz CT molecular complexity index is 340. The average Bonchev–Trinajstić information content (AvgIpc) is 3.07. The van der Waals surface area contributed by atoms with Crippen molar-refractivity contribution in [3.05, 3.63) is 0 Å². The number of rotatable bonds is 3. The number of ketones is 1. The molecule has 5 nitrogen and oxygen atoms in total. The van der Waals surface area contributed by atoms with Crippen molar-refractivity contribution in [1.82, 2.24) is 5.32 Å². The molecular formula is C14H23NO4. The molecule has 0 bridgehead atoms. The molecule has 0 saturated carbocycles. The number of likely N-dealkylation sites (N-methyl/N-ethyl adjacent to an activating group) is 1. The Labute approximate surface area is 114 Å². The van der Waals surface area contributed by atoms with E-state index in [1.54, 1.807) is 0 Å². The van der Waals surface area contributed by atoms with Gasteiger partial charge in [0.15, 0.2) is 0 Å². The van der Waals surface area contributed by atoms with Crippen LogP contribution in [0.2, 0.25) is 0 Å². The Morgan fingerprint density at radius 2 is 2.16 bits per heavy atom. The van der Waals surface area contributed by atoms with Gasteiger partial charge in [-0.15, -0.1) is 0 Å². The number of hydrogen-bond donors (Lipinski definition) is 1. The lowest BCUT2D eigenvalue weighted by atomic mass is 9.78. The molecule has 3 aliphatic rings. The first kappa shape index (κ1) is 13.5. The molecule has 3 saturated heterocycles. The fraction of sp³-hybridized carbons (Fsp3) is 0.929. The van der Waals surface area contributed by atoms with Gasteiger partial charge in [-0.3, -0.25) is 4.79 Å². The molecule has 0 amide bonds. The van der Waals surface area contributed by atoms with Gasteiger partial charge in [-0.2, -0.15) is 0 Å². The Balaban J connectivity index is 1.66. The number of nitrogens with one attached hydrogen (secondary N) is 1. The molecule has 108 valence electrons. The highest BCUT2D eigenvalue weighted by atomic mass is 16.6. The highest BCUT2D eigenvalue weighted by Crippen LogP contribution is 2.37. The van der Waals surface area contributed by atoms with Crippen molar-refractivity contribution in [1.29, 1.82) is 0 Å².